The molecule has 0 saturated heterocycles. The molecule has 4 rings (SSSR count). The minimum atomic E-state index is -0.320. The summed E-state index contributed by atoms with van der Waals surface area (Å²) in [6.07, 6.45) is 0. The van der Waals surface area contributed by atoms with E-state index in [-0.39, 0.29) is 5.63 Å². The minimum absolute atomic E-state index is 0.320. The second kappa shape index (κ2) is 6.68. The Balaban J connectivity index is 1.73. The molecule has 130 valence electrons. The van der Waals surface area contributed by atoms with E-state index in [4.69, 9.17) is 4.42 Å². The SMILES string of the molecule is CC(C)c1ccc(NCc2cc(=O)oc3ccc4ccccc4c23)cc1. The first kappa shape index (κ1) is 16.4. The Labute approximate surface area is 152 Å². The Hall–Kier alpha value is -3.07. The summed E-state index contributed by atoms with van der Waals surface area (Å²) in [4.78, 5) is 12.0. The van der Waals surface area contributed by atoms with Crippen LogP contribution in [0.1, 0.15) is 30.9 Å². The first-order valence-electron chi connectivity index (χ1n) is 8.90. The lowest BCUT2D eigenvalue weighted by Crippen LogP contribution is -2.06. The van der Waals surface area contributed by atoms with Crippen molar-refractivity contribution in [2.24, 2.45) is 0 Å². The number of rotatable bonds is 4. The van der Waals surface area contributed by atoms with Crippen molar-refractivity contribution >= 4 is 27.4 Å². The summed E-state index contributed by atoms with van der Waals surface area (Å²) in [5.41, 5.74) is 3.60. The molecule has 0 amide bonds. The highest BCUT2D eigenvalue weighted by molar-refractivity contribution is 6.07. The molecule has 0 unspecified atom stereocenters. The van der Waals surface area contributed by atoms with E-state index in [0.29, 0.717) is 18.0 Å². The van der Waals surface area contributed by atoms with Crippen LogP contribution in [0.4, 0.5) is 5.69 Å². The maximum atomic E-state index is 12.0. The smallest absolute Gasteiger partial charge is 0.336 e. The van der Waals surface area contributed by atoms with Gasteiger partial charge in [-0.3, -0.25) is 0 Å². The number of benzene rings is 3. The van der Waals surface area contributed by atoms with Gasteiger partial charge in [0.2, 0.25) is 0 Å². The molecule has 0 radical (unpaired) electrons. The first-order valence-corrected chi connectivity index (χ1v) is 8.90. The van der Waals surface area contributed by atoms with Crippen LogP contribution in [0.15, 0.2) is 75.9 Å². The fourth-order valence-corrected chi connectivity index (χ4v) is 3.34. The second-order valence-electron chi connectivity index (χ2n) is 6.88. The van der Waals surface area contributed by atoms with Crippen LogP contribution in [0.3, 0.4) is 0 Å². The Morgan fingerprint density at radius 1 is 0.962 bits per heavy atom. The summed E-state index contributed by atoms with van der Waals surface area (Å²) in [6.45, 7) is 4.93. The van der Waals surface area contributed by atoms with Crippen molar-refractivity contribution in [1.29, 1.82) is 0 Å². The van der Waals surface area contributed by atoms with Gasteiger partial charge in [0.15, 0.2) is 0 Å². The molecule has 3 heteroatoms. The van der Waals surface area contributed by atoms with Gasteiger partial charge in [-0.1, -0.05) is 56.3 Å². The number of hydrogen-bond acceptors (Lipinski definition) is 3. The monoisotopic (exact) mass is 343 g/mol. The summed E-state index contributed by atoms with van der Waals surface area (Å²) in [6, 6.07) is 22.1. The average Bonchev–Trinajstić information content (AvgIpc) is 2.66. The fraction of sp³-hybridized carbons (Fsp3) is 0.174. The summed E-state index contributed by atoms with van der Waals surface area (Å²) in [5, 5.41) is 6.66. The van der Waals surface area contributed by atoms with Crippen molar-refractivity contribution in [1.82, 2.24) is 0 Å². The van der Waals surface area contributed by atoms with Crippen LogP contribution in [-0.4, -0.2) is 0 Å². The molecule has 3 nitrogen and oxygen atoms in total. The van der Waals surface area contributed by atoms with E-state index in [1.165, 1.54) is 5.56 Å². The molecule has 0 spiro atoms. The lowest BCUT2D eigenvalue weighted by atomic mass is 10.0. The summed E-state index contributed by atoms with van der Waals surface area (Å²) >= 11 is 0. The maximum absolute atomic E-state index is 12.0. The third kappa shape index (κ3) is 3.08. The number of fused-ring (bicyclic) bond motifs is 3. The van der Waals surface area contributed by atoms with Gasteiger partial charge in [-0.25, -0.2) is 4.79 Å². The Morgan fingerprint density at radius 3 is 2.50 bits per heavy atom. The molecule has 0 fully saturated rings. The van der Waals surface area contributed by atoms with Crippen LogP contribution in [0, 0.1) is 0 Å². The van der Waals surface area contributed by atoms with Crippen LogP contribution < -0.4 is 10.9 Å². The summed E-state index contributed by atoms with van der Waals surface area (Å²) in [5.74, 6) is 0.512. The molecule has 0 bridgehead atoms. The predicted molar refractivity (Wildman–Crippen MR) is 108 cm³/mol. The van der Waals surface area contributed by atoms with Crippen molar-refractivity contribution in [3.05, 3.63) is 88.3 Å². The molecule has 0 aliphatic rings. The average molecular weight is 343 g/mol. The topological polar surface area (TPSA) is 42.2 Å². The molecule has 0 aliphatic heterocycles. The molecule has 1 heterocycles. The Morgan fingerprint density at radius 2 is 1.73 bits per heavy atom. The minimum Gasteiger partial charge on any atom is -0.423 e. The van der Waals surface area contributed by atoms with Gasteiger partial charge in [0.05, 0.1) is 0 Å². The lowest BCUT2D eigenvalue weighted by Gasteiger charge is -2.12. The third-order valence-electron chi connectivity index (χ3n) is 4.77. The highest BCUT2D eigenvalue weighted by atomic mass is 16.4. The zero-order valence-electron chi connectivity index (χ0n) is 15.0. The molecule has 4 aromatic rings. The quantitative estimate of drug-likeness (QED) is 0.383. The maximum Gasteiger partial charge on any atom is 0.336 e. The van der Waals surface area contributed by atoms with E-state index in [1.807, 2.05) is 24.3 Å². The molecule has 1 N–H and O–H groups in total. The van der Waals surface area contributed by atoms with Crippen LogP contribution >= 0.6 is 0 Å². The normalized spacial score (nSPS) is 11.3. The number of nitrogens with one attached hydrogen (secondary N) is 1. The van der Waals surface area contributed by atoms with Gasteiger partial charge in [0, 0.05) is 23.7 Å². The number of anilines is 1. The lowest BCUT2D eigenvalue weighted by molar-refractivity contribution is 0.559. The molecule has 3 aromatic carbocycles. The molecule has 0 aliphatic carbocycles. The Bertz CT molecular complexity index is 1120. The van der Waals surface area contributed by atoms with Crippen LogP contribution in [0.25, 0.3) is 21.7 Å². The highest BCUT2D eigenvalue weighted by Crippen LogP contribution is 2.28. The van der Waals surface area contributed by atoms with Gasteiger partial charge in [-0.05, 0) is 46.0 Å². The predicted octanol–water partition coefficient (Wildman–Crippen LogP) is 5.68. The van der Waals surface area contributed by atoms with Crippen molar-refractivity contribution < 1.29 is 4.42 Å². The van der Waals surface area contributed by atoms with Gasteiger partial charge in [0.1, 0.15) is 5.58 Å². The van der Waals surface area contributed by atoms with E-state index in [1.54, 1.807) is 6.07 Å². The van der Waals surface area contributed by atoms with Crippen LogP contribution in [0.5, 0.6) is 0 Å². The highest BCUT2D eigenvalue weighted by Gasteiger charge is 2.09. The van der Waals surface area contributed by atoms with E-state index in [9.17, 15) is 4.79 Å². The van der Waals surface area contributed by atoms with Gasteiger partial charge < -0.3 is 9.73 Å². The van der Waals surface area contributed by atoms with Crippen molar-refractivity contribution in [3.63, 3.8) is 0 Å². The van der Waals surface area contributed by atoms with Crippen molar-refractivity contribution in [2.45, 2.75) is 26.3 Å². The van der Waals surface area contributed by atoms with Gasteiger partial charge in [0.25, 0.3) is 0 Å². The largest absolute Gasteiger partial charge is 0.423 e. The zero-order chi connectivity index (χ0) is 18.1. The molecule has 1 aromatic heterocycles. The van der Waals surface area contributed by atoms with Crippen molar-refractivity contribution in [2.75, 3.05) is 5.32 Å². The summed E-state index contributed by atoms with van der Waals surface area (Å²) < 4.78 is 5.42. The van der Waals surface area contributed by atoms with Gasteiger partial charge in [-0.15, -0.1) is 0 Å². The fourth-order valence-electron chi connectivity index (χ4n) is 3.34. The van der Waals surface area contributed by atoms with Gasteiger partial charge in [-0.2, -0.15) is 0 Å². The van der Waals surface area contributed by atoms with E-state index < -0.39 is 0 Å². The molecule has 0 saturated carbocycles. The van der Waals surface area contributed by atoms with Crippen LogP contribution in [0.2, 0.25) is 0 Å². The van der Waals surface area contributed by atoms with Crippen molar-refractivity contribution in [3.8, 4) is 0 Å². The van der Waals surface area contributed by atoms with E-state index >= 15 is 0 Å². The molecular formula is C23H21NO2. The van der Waals surface area contributed by atoms with E-state index in [2.05, 4.69) is 55.6 Å². The number of hydrogen-bond donors (Lipinski definition) is 1. The van der Waals surface area contributed by atoms with Gasteiger partial charge >= 0.3 is 5.63 Å². The molecule has 0 atom stereocenters. The first-order chi connectivity index (χ1) is 12.6. The standard InChI is InChI=1S/C23H21NO2/c1-15(2)16-7-10-19(11-8-16)24-14-18-13-22(25)26-21-12-9-17-5-3-4-6-20(17)23(18)21/h3-13,15,24H,14H2,1-2H3. The van der Waals surface area contributed by atoms with E-state index in [0.717, 1.165) is 27.4 Å². The molecule has 26 heavy (non-hydrogen) atoms. The zero-order valence-corrected chi connectivity index (χ0v) is 15.0. The summed E-state index contributed by atoms with van der Waals surface area (Å²) in [7, 11) is 0. The molecular weight excluding hydrogens is 322 g/mol. The van der Waals surface area contributed by atoms with Crippen LogP contribution in [-0.2, 0) is 6.54 Å². The third-order valence-corrected chi connectivity index (χ3v) is 4.77. The Kier molecular flexibility index (Phi) is 4.21. The second-order valence-corrected chi connectivity index (χ2v) is 6.88.